The van der Waals surface area contributed by atoms with Gasteiger partial charge in [0.05, 0.1) is 0 Å². The van der Waals surface area contributed by atoms with Gasteiger partial charge >= 0.3 is 0 Å². The summed E-state index contributed by atoms with van der Waals surface area (Å²) in [6.07, 6.45) is 0. The third-order valence-electron chi connectivity index (χ3n) is 1.24. The Balaban J connectivity index is 3.43. The van der Waals surface area contributed by atoms with Gasteiger partial charge in [0.1, 0.15) is 0 Å². The highest BCUT2D eigenvalue weighted by Crippen LogP contribution is 1.99. The van der Waals surface area contributed by atoms with Crippen LogP contribution in [0.5, 0.6) is 0 Å². The summed E-state index contributed by atoms with van der Waals surface area (Å²) in [6, 6.07) is 2.10. The molecule has 3 heteroatoms. The molecule has 2 nitrogen and oxygen atoms in total. The fourth-order valence-electron chi connectivity index (χ4n) is 0.690. The Morgan fingerprint density at radius 1 is 1.44 bits per heavy atom. The van der Waals surface area contributed by atoms with E-state index in [1.807, 2.05) is 0 Å². The van der Waals surface area contributed by atoms with Gasteiger partial charge in [0.2, 0.25) is 9.04 Å². The minimum absolute atomic E-state index is 0.115. The number of hydrogen-bond donors (Lipinski definition) is 0. The Morgan fingerprint density at radius 3 is 2.00 bits per heavy atom. The Kier molecular flexibility index (Phi) is 4.40. The number of hydrogen-bond acceptors (Lipinski definition) is 2. The van der Waals surface area contributed by atoms with Crippen molar-refractivity contribution in [3.8, 4) is 0 Å². The van der Waals surface area contributed by atoms with Crippen LogP contribution < -0.4 is 0 Å². The molecule has 0 aromatic carbocycles. The molecule has 0 saturated carbocycles. The van der Waals surface area contributed by atoms with Gasteiger partial charge in [-0.15, -0.1) is 0 Å². The Bertz CT molecular complexity index is 89.1. The van der Waals surface area contributed by atoms with E-state index in [2.05, 4.69) is 13.8 Å². The standard InChI is InChI=1S/C6H14O2Si/c1-4-9(5-2)8-6(3)7/h9H,4-5H2,1-3H3. The van der Waals surface area contributed by atoms with E-state index in [4.69, 9.17) is 4.43 Å². The van der Waals surface area contributed by atoms with Crippen molar-refractivity contribution in [2.45, 2.75) is 32.9 Å². The molecule has 0 bridgehead atoms. The summed E-state index contributed by atoms with van der Waals surface area (Å²) in [5.41, 5.74) is 0. The van der Waals surface area contributed by atoms with Crippen molar-refractivity contribution in [1.82, 2.24) is 0 Å². The maximum absolute atomic E-state index is 10.4. The Morgan fingerprint density at radius 2 is 1.89 bits per heavy atom. The van der Waals surface area contributed by atoms with Gasteiger partial charge < -0.3 is 4.43 Å². The zero-order chi connectivity index (χ0) is 7.28. The normalized spacial score (nSPS) is 9.78. The molecule has 0 fully saturated rings. The molecule has 0 heterocycles. The molecule has 0 rings (SSSR count). The average Bonchev–Trinajstić information content (AvgIpc) is 1.82. The average molecular weight is 146 g/mol. The van der Waals surface area contributed by atoms with Crippen LogP contribution in [-0.4, -0.2) is 15.0 Å². The molecule has 0 aromatic rings. The van der Waals surface area contributed by atoms with Crippen LogP contribution in [0.3, 0.4) is 0 Å². The van der Waals surface area contributed by atoms with Crippen LogP contribution in [0.4, 0.5) is 0 Å². The van der Waals surface area contributed by atoms with Gasteiger partial charge in [-0.1, -0.05) is 13.8 Å². The molecule has 9 heavy (non-hydrogen) atoms. The monoisotopic (exact) mass is 146 g/mol. The summed E-state index contributed by atoms with van der Waals surface area (Å²) >= 11 is 0. The highest BCUT2D eigenvalue weighted by Gasteiger charge is 2.07. The fraction of sp³-hybridized carbons (Fsp3) is 0.833. The molecule has 0 spiro atoms. The zero-order valence-corrected chi connectivity index (χ0v) is 7.46. The van der Waals surface area contributed by atoms with Gasteiger partial charge in [-0.05, 0) is 12.1 Å². The zero-order valence-electron chi connectivity index (χ0n) is 6.31. The summed E-state index contributed by atoms with van der Waals surface area (Å²) in [5.74, 6) is -0.115. The van der Waals surface area contributed by atoms with E-state index in [1.54, 1.807) is 0 Å². The Labute approximate surface area is 57.9 Å². The van der Waals surface area contributed by atoms with E-state index in [1.165, 1.54) is 6.92 Å². The van der Waals surface area contributed by atoms with E-state index in [0.29, 0.717) is 0 Å². The number of carbonyl (C=O) groups excluding carboxylic acids is 1. The second kappa shape index (κ2) is 4.55. The molecule has 0 radical (unpaired) electrons. The quantitative estimate of drug-likeness (QED) is 0.561. The maximum atomic E-state index is 10.4. The van der Waals surface area contributed by atoms with E-state index < -0.39 is 9.04 Å². The highest BCUT2D eigenvalue weighted by molar-refractivity contribution is 6.53. The van der Waals surface area contributed by atoms with Crippen molar-refractivity contribution in [1.29, 1.82) is 0 Å². The highest BCUT2D eigenvalue weighted by atomic mass is 28.3. The predicted octanol–water partition coefficient (Wildman–Crippen LogP) is 1.31. The minimum Gasteiger partial charge on any atom is -0.522 e. The lowest BCUT2D eigenvalue weighted by Crippen LogP contribution is -2.18. The summed E-state index contributed by atoms with van der Waals surface area (Å²) in [4.78, 5) is 10.4. The molecule has 0 aliphatic rings. The predicted molar refractivity (Wildman–Crippen MR) is 39.9 cm³/mol. The fourth-order valence-corrected chi connectivity index (χ4v) is 2.07. The summed E-state index contributed by atoms with van der Waals surface area (Å²) in [7, 11) is -1.10. The molecule has 0 aromatic heterocycles. The van der Waals surface area contributed by atoms with E-state index in [9.17, 15) is 4.79 Å². The smallest absolute Gasteiger partial charge is 0.289 e. The van der Waals surface area contributed by atoms with Crippen LogP contribution in [0.15, 0.2) is 0 Å². The lowest BCUT2D eigenvalue weighted by atomic mass is 10.9. The lowest BCUT2D eigenvalue weighted by Gasteiger charge is -2.09. The number of rotatable bonds is 3. The molecule has 0 amide bonds. The number of carbonyl (C=O) groups is 1. The van der Waals surface area contributed by atoms with E-state index in [-0.39, 0.29) is 5.97 Å². The van der Waals surface area contributed by atoms with E-state index >= 15 is 0 Å². The van der Waals surface area contributed by atoms with Crippen LogP contribution in [-0.2, 0) is 9.22 Å². The first-order chi connectivity index (χ1) is 4.20. The second-order valence-electron chi connectivity index (χ2n) is 2.05. The topological polar surface area (TPSA) is 26.3 Å². The second-order valence-corrected chi connectivity index (χ2v) is 5.16. The van der Waals surface area contributed by atoms with Crippen LogP contribution in [0.1, 0.15) is 20.8 Å². The third kappa shape index (κ3) is 4.21. The van der Waals surface area contributed by atoms with Crippen LogP contribution >= 0.6 is 0 Å². The molecular weight excluding hydrogens is 132 g/mol. The molecule has 0 aliphatic carbocycles. The Hall–Kier alpha value is -0.313. The molecule has 54 valence electrons. The van der Waals surface area contributed by atoms with Crippen molar-refractivity contribution < 1.29 is 9.22 Å². The largest absolute Gasteiger partial charge is 0.522 e. The molecule has 0 aliphatic heterocycles. The molecule has 0 unspecified atom stereocenters. The van der Waals surface area contributed by atoms with Gasteiger partial charge in [0.15, 0.2) is 0 Å². The maximum Gasteiger partial charge on any atom is 0.289 e. The first-order valence-corrected chi connectivity index (χ1v) is 5.48. The SMILES string of the molecule is CC[SiH](CC)OC(C)=O. The third-order valence-corrected chi connectivity index (χ3v) is 3.73. The molecular formula is C6H14O2Si. The first-order valence-electron chi connectivity index (χ1n) is 3.37. The van der Waals surface area contributed by atoms with Gasteiger partial charge in [-0.2, -0.15) is 0 Å². The van der Waals surface area contributed by atoms with E-state index in [0.717, 1.165) is 12.1 Å². The summed E-state index contributed by atoms with van der Waals surface area (Å²) < 4.78 is 5.05. The van der Waals surface area contributed by atoms with Crippen LogP contribution in [0.2, 0.25) is 12.1 Å². The molecule has 0 atom stereocenters. The van der Waals surface area contributed by atoms with Crippen molar-refractivity contribution in [2.24, 2.45) is 0 Å². The van der Waals surface area contributed by atoms with Gasteiger partial charge in [0.25, 0.3) is 5.97 Å². The van der Waals surface area contributed by atoms with Crippen molar-refractivity contribution >= 4 is 15.0 Å². The molecule has 0 saturated heterocycles. The van der Waals surface area contributed by atoms with Crippen molar-refractivity contribution in [2.75, 3.05) is 0 Å². The van der Waals surface area contributed by atoms with Crippen LogP contribution in [0, 0.1) is 0 Å². The lowest BCUT2D eigenvalue weighted by molar-refractivity contribution is -0.132. The minimum atomic E-state index is -1.10. The van der Waals surface area contributed by atoms with Gasteiger partial charge in [-0.3, -0.25) is 4.79 Å². The van der Waals surface area contributed by atoms with Gasteiger partial charge in [-0.25, -0.2) is 0 Å². The first kappa shape index (κ1) is 8.69. The van der Waals surface area contributed by atoms with Crippen molar-refractivity contribution in [3.63, 3.8) is 0 Å². The van der Waals surface area contributed by atoms with Crippen molar-refractivity contribution in [3.05, 3.63) is 0 Å². The van der Waals surface area contributed by atoms with Crippen LogP contribution in [0.25, 0.3) is 0 Å². The molecule has 0 N–H and O–H groups in total. The summed E-state index contributed by atoms with van der Waals surface area (Å²) in [6.45, 7) is 5.62. The summed E-state index contributed by atoms with van der Waals surface area (Å²) in [5, 5.41) is 0. The van der Waals surface area contributed by atoms with Gasteiger partial charge in [0, 0.05) is 6.92 Å².